The highest BCUT2D eigenvalue weighted by Crippen LogP contribution is 2.62. The van der Waals surface area contributed by atoms with Crippen LogP contribution in [0.2, 0.25) is 0 Å². The van der Waals surface area contributed by atoms with Gasteiger partial charge in [-0.1, -0.05) is 233 Å². The summed E-state index contributed by atoms with van der Waals surface area (Å²) in [5.74, 6) is 0. The Morgan fingerprint density at radius 3 is 1.19 bits per heavy atom. The first kappa shape index (κ1) is 53.7. The van der Waals surface area contributed by atoms with E-state index >= 15 is 0 Å². The molecule has 3 nitrogen and oxygen atoms in total. The first-order valence-corrected chi connectivity index (χ1v) is 32.5. The van der Waals surface area contributed by atoms with Gasteiger partial charge in [0.15, 0.2) is 8.07 Å². The maximum atomic E-state index is 2.86. The van der Waals surface area contributed by atoms with E-state index in [9.17, 15) is 0 Å². The third-order valence-electron chi connectivity index (χ3n) is 20.4. The summed E-state index contributed by atoms with van der Waals surface area (Å²) in [6.45, 7) is 41.0. The van der Waals surface area contributed by atoms with Crippen LogP contribution in [0.4, 0.5) is 45.5 Å². The van der Waals surface area contributed by atoms with Crippen molar-refractivity contribution in [2.24, 2.45) is 0 Å². The zero-order valence-electron chi connectivity index (χ0n) is 51.8. The zero-order valence-corrected chi connectivity index (χ0v) is 52.8. The molecule has 8 aromatic carbocycles. The molecule has 0 N–H and O–H groups in total. The van der Waals surface area contributed by atoms with Gasteiger partial charge in [0.05, 0.1) is 5.54 Å². The molecule has 0 amide bonds. The van der Waals surface area contributed by atoms with Crippen LogP contribution in [-0.2, 0) is 32.5 Å². The summed E-state index contributed by atoms with van der Waals surface area (Å²) >= 11 is 0. The number of anilines is 8. The van der Waals surface area contributed by atoms with E-state index in [1.807, 2.05) is 0 Å². The summed E-state index contributed by atoms with van der Waals surface area (Å²) in [6, 6.07) is 66.6. The second-order valence-electron chi connectivity index (χ2n) is 30.6. The average molecular weight is 1080 g/mol. The molecule has 4 heterocycles. The highest BCUT2D eigenvalue weighted by molar-refractivity contribution is 7.27. The van der Waals surface area contributed by atoms with E-state index in [1.54, 1.807) is 0 Å². The highest BCUT2D eigenvalue weighted by Gasteiger charge is 2.60. The molecule has 0 spiro atoms. The van der Waals surface area contributed by atoms with Gasteiger partial charge in [0.2, 0.25) is 0 Å². The fraction of sp³-hybridized carbons (Fsp3) is 0.368. The summed E-state index contributed by atoms with van der Waals surface area (Å²) < 4.78 is 0. The highest BCUT2D eigenvalue weighted by atomic mass is 28.3. The molecule has 2 atom stereocenters. The van der Waals surface area contributed by atoms with Crippen LogP contribution in [0, 0.1) is 0 Å². The number of hydrogen-bond donors (Lipinski definition) is 0. The van der Waals surface area contributed by atoms with Crippen LogP contribution in [0.25, 0.3) is 0 Å². The molecule has 1 aliphatic carbocycles. The van der Waals surface area contributed by atoms with Crippen molar-refractivity contribution < 1.29 is 0 Å². The maximum absolute atomic E-state index is 3.19. The second-order valence-corrected chi connectivity index (χ2v) is 34.4. The average Bonchev–Trinajstić information content (AvgIpc) is 2.21. The normalized spacial score (nSPS) is 19.8. The van der Waals surface area contributed by atoms with Crippen molar-refractivity contribution in [2.75, 3.05) is 14.7 Å². The van der Waals surface area contributed by atoms with Crippen LogP contribution < -0.4 is 51.8 Å². The molecule has 4 aliphatic heterocycles. The van der Waals surface area contributed by atoms with E-state index in [0.717, 1.165) is 6.42 Å². The number of hydrogen-bond acceptors (Lipinski definition) is 3. The molecule has 81 heavy (non-hydrogen) atoms. The molecule has 5 aliphatic rings. The van der Waals surface area contributed by atoms with Crippen molar-refractivity contribution in [3.05, 3.63) is 197 Å². The quantitative estimate of drug-likeness (QED) is 0.159. The Bertz CT molecular complexity index is 3630. The van der Waals surface area contributed by atoms with Crippen molar-refractivity contribution in [3.63, 3.8) is 0 Å². The van der Waals surface area contributed by atoms with E-state index in [0.29, 0.717) is 0 Å². The van der Waals surface area contributed by atoms with Crippen molar-refractivity contribution >= 4 is 97.4 Å². The maximum Gasteiger partial charge on any atom is 0.251 e. The predicted molar refractivity (Wildman–Crippen MR) is 354 cm³/mol. The van der Waals surface area contributed by atoms with E-state index in [2.05, 4.69) is 296 Å². The zero-order chi connectivity index (χ0) is 57.4. The SMILES string of the molecule is CC(C)(C)c1ccc(N2c3cc(N4c5ccc(C(C)(C)C)cc5C5(C)CCCCC45C)cc4c3B3c5c2cc(C(C)(C)C)cc5[Si](c2ccccc2)(c2ccccc2)c2cc(C(C)(C)C)cc(c23)N4c2ccc(C(C)(C)C)cc2)cc1. The van der Waals surface area contributed by atoms with Gasteiger partial charge in [-0.15, -0.1) is 0 Å². The Morgan fingerprint density at radius 1 is 0.370 bits per heavy atom. The molecular weight excluding hydrogens is 994 g/mol. The smallest absolute Gasteiger partial charge is 0.251 e. The molecule has 8 aromatic rings. The molecule has 0 saturated heterocycles. The van der Waals surface area contributed by atoms with Crippen LogP contribution in [0.1, 0.15) is 177 Å². The molecular formula is C76H86BN3Si. The number of rotatable bonds is 5. The lowest BCUT2D eigenvalue weighted by Crippen LogP contribution is -2.88. The van der Waals surface area contributed by atoms with Crippen LogP contribution >= 0.6 is 0 Å². The topological polar surface area (TPSA) is 9.72 Å². The summed E-state index contributed by atoms with van der Waals surface area (Å²) in [5.41, 5.74) is 22.4. The van der Waals surface area contributed by atoms with Crippen molar-refractivity contribution in [1.82, 2.24) is 0 Å². The van der Waals surface area contributed by atoms with Crippen LogP contribution in [-0.4, -0.2) is 20.3 Å². The number of benzene rings is 8. The molecule has 2 unspecified atom stereocenters. The minimum atomic E-state index is -3.19. The lowest BCUT2D eigenvalue weighted by molar-refractivity contribution is 0.195. The van der Waals surface area contributed by atoms with Gasteiger partial charge in [-0.25, -0.2) is 0 Å². The lowest BCUT2D eigenvalue weighted by atomic mass is 9.33. The van der Waals surface area contributed by atoms with E-state index in [4.69, 9.17) is 0 Å². The molecule has 1 fully saturated rings. The van der Waals surface area contributed by atoms with Crippen molar-refractivity contribution in [1.29, 1.82) is 0 Å². The Labute approximate surface area is 488 Å². The van der Waals surface area contributed by atoms with Gasteiger partial charge in [-0.3, -0.25) is 0 Å². The fourth-order valence-electron chi connectivity index (χ4n) is 15.5. The monoisotopic (exact) mass is 1080 g/mol. The minimum absolute atomic E-state index is 0.000357. The number of nitrogens with zero attached hydrogens (tertiary/aromatic N) is 3. The summed E-state index contributed by atoms with van der Waals surface area (Å²) in [5, 5.41) is 5.89. The van der Waals surface area contributed by atoms with Crippen LogP contribution in [0.15, 0.2) is 164 Å². The van der Waals surface area contributed by atoms with Crippen molar-refractivity contribution in [2.45, 2.75) is 181 Å². The molecule has 0 aromatic heterocycles. The van der Waals surface area contributed by atoms with Gasteiger partial charge in [0, 0.05) is 50.9 Å². The summed E-state index contributed by atoms with van der Waals surface area (Å²) in [6.07, 6.45) is 4.76. The molecule has 0 radical (unpaired) electrons. The fourth-order valence-corrected chi connectivity index (χ4v) is 20.9. The Morgan fingerprint density at radius 2 is 0.765 bits per heavy atom. The van der Waals surface area contributed by atoms with Gasteiger partial charge in [-0.2, -0.15) is 0 Å². The molecule has 13 rings (SSSR count). The van der Waals surface area contributed by atoms with E-state index in [-0.39, 0.29) is 44.7 Å². The van der Waals surface area contributed by atoms with E-state index in [1.165, 1.54) is 135 Å². The second kappa shape index (κ2) is 17.7. The third kappa shape index (κ3) is 7.86. The molecule has 5 heteroatoms. The van der Waals surface area contributed by atoms with Gasteiger partial charge < -0.3 is 14.7 Å². The third-order valence-corrected chi connectivity index (χ3v) is 25.3. The first-order chi connectivity index (χ1) is 38.1. The Balaban J connectivity index is 1.24. The number of fused-ring (bicyclic) bond motifs is 3. The largest absolute Gasteiger partial charge is 0.334 e. The summed E-state index contributed by atoms with van der Waals surface area (Å²) in [7, 11) is -3.19. The van der Waals surface area contributed by atoms with Gasteiger partial charge in [-0.05, 0) is 172 Å². The molecule has 0 bridgehead atoms. The van der Waals surface area contributed by atoms with Crippen molar-refractivity contribution in [3.8, 4) is 0 Å². The van der Waals surface area contributed by atoms with E-state index < -0.39 is 8.07 Å². The summed E-state index contributed by atoms with van der Waals surface area (Å²) in [4.78, 5) is 8.35. The standard InChI is InChI=1S/C76H86BN3Si/c1-70(2,3)49-30-35-54(36-31-49)78-61-43-52(73(10,11)12)45-65-68(61)77-67-63(78)47-56(80-60-39-34-51(72(7,8)9)42-59(60)75(16)40-24-25-41-76(75,80)17)48-64(67)79(55-37-32-50(33-38-55)71(4,5)6)62-44-53(74(13,14)15)46-66(69(62)77)81(65,57-26-20-18-21-27-57)58-28-22-19-23-29-58/h18-23,26-39,42-48H,24-25,40-41H2,1-17H3. The van der Waals surface area contributed by atoms with Gasteiger partial charge in [0.1, 0.15) is 0 Å². The Kier molecular flexibility index (Phi) is 11.8. The minimum Gasteiger partial charge on any atom is -0.334 e. The molecule has 412 valence electrons. The van der Waals surface area contributed by atoms with Crippen LogP contribution in [0.3, 0.4) is 0 Å². The van der Waals surface area contributed by atoms with Gasteiger partial charge >= 0.3 is 0 Å². The van der Waals surface area contributed by atoms with Gasteiger partial charge in [0.25, 0.3) is 6.71 Å². The van der Waals surface area contributed by atoms with Crippen LogP contribution in [0.5, 0.6) is 0 Å². The Hall–Kier alpha value is -6.56. The predicted octanol–water partition coefficient (Wildman–Crippen LogP) is 15.7. The molecule has 1 saturated carbocycles. The first-order valence-electron chi connectivity index (χ1n) is 30.5. The lowest BCUT2D eigenvalue weighted by Gasteiger charge is -2.53.